The molecule has 0 aliphatic carbocycles. The minimum atomic E-state index is -0.254. The molecular formula is C23H26ClN3OS. The third-order valence-corrected chi connectivity index (χ3v) is 6.37. The molecule has 2 aromatic carbocycles. The Balaban J connectivity index is 1.80. The summed E-state index contributed by atoms with van der Waals surface area (Å²) in [5, 5.41) is 10.5. The van der Waals surface area contributed by atoms with Gasteiger partial charge in [-0.05, 0) is 62.1 Å². The summed E-state index contributed by atoms with van der Waals surface area (Å²) < 4.78 is 8.24. The van der Waals surface area contributed by atoms with E-state index in [2.05, 4.69) is 52.5 Å². The molecule has 1 aromatic heterocycles. The van der Waals surface area contributed by atoms with Crippen molar-refractivity contribution in [2.24, 2.45) is 0 Å². The molecule has 0 saturated heterocycles. The first kappa shape index (κ1) is 21.5. The molecule has 3 rings (SSSR count). The van der Waals surface area contributed by atoms with Gasteiger partial charge in [0, 0.05) is 17.3 Å². The van der Waals surface area contributed by atoms with Crippen LogP contribution in [0.1, 0.15) is 41.1 Å². The largest absolute Gasteiger partial charge is 0.483 e. The van der Waals surface area contributed by atoms with Crippen LogP contribution in [0.4, 0.5) is 0 Å². The first-order valence-corrected chi connectivity index (χ1v) is 10.9. The Morgan fingerprint density at radius 2 is 1.83 bits per heavy atom. The van der Waals surface area contributed by atoms with E-state index in [-0.39, 0.29) is 6.10 Å². The number of halogens is 1. The lowest BCUT2D eigenvalue weighted by molar-refractivity contribution is 0.210. The average molecular weight is 428 g/mol. The molecule has 0 N–H and O–H groups in total. The second-order valence-electron chi connectivity index (χ2n) is 7.09. The number of allylic oxidation sites excluding steroid dienone is 1. The number of aromatic nitrogens is 3. The van der Waals surface area contributed by atoms with E-state index < -0.39 is 0 Å². The first-order chi connectivity index (χ1) is 13.9. The summed E-state index contributed by atoms with van der Waals surface area (Å²) in [5.74, 6) is 2.40. The Bertz CT molecular complexity index is 992. The summed E-state index contributed by atoms with van der Waals surface area (Å²) in [7, 11) is 0. The Morgan fingerprint density at radius 1 is 1.14 bits per heavy atom. The fraction of sp³-hybridized carbons (Fsp3) is 0.304. The van der Waals surface area contributed by atoms with Crippen LogP contribution < -0.4 is 4.74 Å². The molecule has 6 heteroatoms. The molecule has 29 heavy (non-hydrogen) atoms. The molecule has 0 bridgehead atoms. The van der Waals surface area contributed by atoms with E-state index in [1.807, 2.05) is 39.0 Å². The van der Waals surface area contributed by atoms with Crippen LogP contribution in [0, 0.1) is 20.8 Å². The van der Waals surface area contributed by atoms with Crippen molar-refractivity contribution in [3.05, 3.63) is 82.2 Å². The highest BCUT2D eigenvalue weighted by molar-refractivity contribution is 7.98. The molecule has 0 saturated carbocycles. The minimum absolute atomic E-state index is 0.254. The second-order valence-corrected chi connectivity index (χ2v) is 8.41. The lowest BCUT2D eigenvalue weighted by Gasteiger charge is -2.17. The highest BCUT2D eigenvalue weighted by atomic mass is 35.5. The molecule has 152 valence electrons. The van der Waals surface area contributed by atoms with E-state index in [1.54, 1.807) is 11.8 Å². The van der Waals surface area contributed by atoms with Crippen molar-refractivity contribution in [1.29, 1.82) is 0 Å². The molecule has 0 aliphatic rings. The molecule has 0 fully saturated rings. The summed E-state index contributed by atoms with van der Waals surface area (Å²) in [4.78, 5) is 0. The highest BCUT2D eigenvalue weighted by Gasteiger charge is 2.20. The van der Waals surface area contributed by atoms with Gasteiger partial charge in [-0.2, -0.15) is 0 Å². The fourth-order valence-electron chi connectivity index (χ4n) is 3.15. The standard InChI is InChI=1S/C23H26ClN3OS/c1-6-11-27-22(18(5)28-20-12-16(3)21(24)17(4)13-20)25-26-23(27)29-14-19-10-8-7-9-15(19)2/h6-10,12-13,18H,1,11,14H2,2-5H3. The van der Waals surface area contributed by atoms with Gasteiger partial charge in [-0.15, -0.1) is 16.8 Å². The van der Waals surface area contributed by atoms with Gasteiger partial charge in [0.2, 0.25) is 0 Å². The van der Waals surface area contributed by atoms with Crippen LogP contribution in [-0.4, -0.2) is 14.8 Å². The van der Waals surface area contributed by atoms with Crippen molar-refractivity contribution < 1.29 is 4.74 Å². The van der Waals surface area contributed by atoms with E-state index in [0.717, 1.165) is 38.6 Å². The van der Waals surface area contributed by atoms with Gasteiger partial charge in [-0.1, -0.05) is 53.7 Å². The zero-order valence-electron chi connectivity index (χ0n) is 17.3. The van der Waals surface area contributed by atoms with Gasteiger partial charge in [0.25, 0.3) is 0 Å². The lowest BCUT2D eigenvalue weighted by atomic mass is 10.1. The summed E-state index contributed by atoms with van der Waals surface area (Å²) in [6.45, 7) is 12.6. The van der Waals surface area contributed by atoms with Gasteiger partial charge < -0.3 is 4.74 Å². The van der Waals surface area contributed by atoms with Crippen LogP contribution in [0.5, 0.6) is 5.75 Å². The topological polar surface area (TPSA) is 39.9 Å². The van der Waals surface area contributed by atoms with E-state index in [9.17, 15) is 0 Å². The maximum atomic E-state index is 6.27. The summed E-state index contributed by atoms with van der Waals surface area (Å²) in [6.07, 6.45) is 1.60. The third-order valence-electron chi connectivity index (χ3n) is 4.76. The van der Waals surface area contributed by atoms with Gasteiger partial charge >= 0.3 is 0 Å². The number of ether oxygens (including phenoxy) is 1. The minimum Gasteiger partial charge on any atom is -0.483 e. The van der Waals surface area contributed by atoms with Crippen LogP contribution in [0.3, 0.4) is 0 Å². The monoisotopic (exact) mass is 427 g/mol. The smallest absolute Gasteiger partial charge is 0.191 e. The maximum Gasteiger partial charge on any atom is 0.191 e. The Kier molecular flexibility index (Phi) is 7.04. The van der Waals surface area contributed by atoms with Gasteiger partial charge in [0.15, 0.2) is 17.1 Å². The van der Waals surface area contributed by atoms with Gasteiger partial charge in [-0.25, -0.2) is 0 Å². The number of nitrogens with zero attached hydrogens (tertiary/aromatic N) is 3. The van der Waals surface area contributed by atoms with Crippen molar-refractivity contribution in [1.82, 2.24) is 14.8 Å². The van der Waals surface area contributed by atoms with Crippen LogP contribution in [-0.2, 0) is 12.3 Å². The molecule has 0 spiro atoms. The summed E-state index contributed by atoms with van der Waals surface area (Å²) >= 11 is 7.95. The maximum absolute atomic E-state index is 6.27. The van der Waals surface area contributed by atoms with E-state index in [1.165, 1.54) is 11.1 Å². The molecule has 1 unspecified atom stereocenters. The zero-order chi connectivity index (χ0) is 21.0. The quantitative estimate of drug-likeness (QED) is 0.305. The van der Waals surface area contributed by atoms with Crippen molar-refractivity contribution in [3.63, 3.8) is 0 Å². The molecular weight excluding hydrogens is 402 g/mol. The Hall–Kier alpha value is -2.24. The Labute approximate surface area is 182 Å². The van der Waals surface area contributed by atoms with Crippen molar-refractivity contribution in [2.45, 2.75) is 51.3 Å². The molecule has 0 radical (unpaired) electrons. The average Bonchev–Trinajstić information content (AvgIpc) is 3.08. The van der Waals surface area contributed by atoms with Crippen LogP contribution in [0.2, 0.25) is 5.02 Å². The van der Waals surface area contributed by atoms with Crippen LogP contribution in [0.15, 0.2) is 54.2 Å². The van der Waals surface area contributed by atoms with Crippen molar-refractivity contribution in [2.75, 3.05) is 0 Å². The number of thioether (sulfide) groups is 1. The lowest BCUT2D eigenvalue weighted by Crippen LogP contribution is -2.12. The molecule has 0 aliphatic heterocycles. The van der Waals surface area contributed by atoms with Crippen LogP contribution >= 0.6 is 23.4 Å². The SMILES string of the molecule is C=CCn1c(SCc2ccccc2C)nnc1C(C)Oc1cc(C)c(Cl)c(C)c1. The normalized spacial score (nSPS) is 12.0. The molecule has 4 nitrogen and oxygen atoms in total. The Morgan fingerprint density at radius 3 is 2.48 bits per heavy atom. The number of hydrogen-bond acceptors (Lipinski definition) is 4. The van der Waals surface area contributed by atoms with Gasteiger partial charge in [0.05, 0.1) is 0 Å². The van der Waals surface area contributed by atoms with Crippen molar-refractivity contribution in [3.8, 4) is 5.75 Å². The summed E-state index contributed by atoms with van der Waals surface area (Å²) in [6, 6.07) is 12.3. The molecule has 0 amide bonds. The van der Waals surface area contributed by atoms with E-state index in [0.29, 0.717) is 6.54 Å². The summed E-state index contributed by atoms with van der Waals surface area (Å²) in [5.41, 5.74) is 4.57. The van der Waals surface area contributed by atoms with E-state index >= 15 is 0 Å². The zero-order valence-corrected chi connectivity index (χ0v) is 18.8. The third kappa shape index (κ3) is 5.03. The predicted octanol–water partition coefficient (Wildman–Crippen LogP) is 6.48. The second kappa shape index (κ2) is 9.51. The molecule has 1 atom stereocenters. The molecule has 1 heterocycles. The number of benzene rings is 2. The number of rotatable bonds is 8. The first-order valence-electron chi connectivity index (χ1n) is 9.55. The van der Waals surface area contributed by atoms with Crippen LogP contribution in [0.25, 0.3) is 0 Å². The molecule has 3 aromatic rings. The predicted molar refractivity (Wildman–Crippen MR) is 121 cm³/mol. The van der Waals surface area contributed by atoms with Gasteiger partial charge in [0.1, 0.15) is 5.75 Å². The highest BCUT2D eigenvalue weighted by Crippen LogP contribution is 2.30. The number of hydrogen-bond donors (Lipinski definition) is 0. The van der Waals surface area contributed by atoms with Crippen molar-refractivity contribution >= 4 is 23.4 Å². The van der Waals surface area contributed by atoms with Gasteiger partial charge in [-0.3, -0.25) is 4.57 Å². The number of aryl methyl sites for hydroxylation is 3. The van der Waals surface area contributed by atoms with E-state index in [4.69, 9.17) is 16.3 Å². The fourth-order valence-corrected chi connectivity index (χ4v) is 4.29.